The third-order valence-corrected chi connectivity index (χ3v) is 6.69. The lowest BCUT2D eigenvalue weighted by molar-refractivity contribution is 0.00578. The SMILES string of the molecule is CC1(C)OB(c2cccc(-c3ccc4cc(-c5ccccc5)ccc4c3)c2)OC1(C)C. The summed E-state index contributed by atoms with van der Waals surface area (Å²) in [7, 11) is -0.348. The Morgan fingerprint density at radius 1 is 0.516 bits per heavy atom. The maximum atomic E-state index is 6.24. The van der Waals surface area contributed by atoms with Gasteiger partial charge in [0, 0.05) is 0 Å². The molecule has 1 saturated heterocycles. The third kappa shape index (κ3) is 3.69. The Bertz CT molecular complexity index is 1230. The molecule has 0 unspecified atom stereocenters. The summed E-state index contributed by atoms with van der Waals surface area (Å²) in [6, 6.07) is 32.3. The van der Waals surface area contributed by atoms with Gasteiger partial charge in [-0.05, 0) is 78.3 Å². The molecule has 0 bridgehead atoms. The average Bonchev–Trinajstić information content (AvgIpc) is 3.00. The van der Waals surface area contributed by atoms with Crippen molar-refractivity contribution in [3.8, 4) is 22.3 Å². The zero-order chi connectivity index (χ0) is 21.6. The largest absolute Gasteiger partial charge is 0.494 e. The summed E-state index contributed by atoms with van der Waals surface area (Å²) in [6.07, 6.45) is 0. The Kier molecular flexibility index (Phi) is 4.77. The van der Waals surface area contributed by atoms with Crippen molar-refractivity contribution in [1.29, 1.82) is 0 Å². The van der Waals surface area contributed by atoms with Gasteiger partial charge < -0.3 is 9.31 Å². The predicted octanol–water partition coefficient (Wildman–Crippen LogP) is 6.47. The molecular formula is C28H27BO2. The van der Waals surface area contributed by atoms with E-state index in [-0.39, 0.29) is 18.3 Å². The molecule has 0 aromatic heterocycles. The first kappa shape index (κ1) is 20.1. The van der Waals surface area contributed by atoms with Gasteiger partial charge in [0.15, 0.2) is 0 Å². The van der Waals surface area contributed by atoms with Gasteiger partial charge in [0.25, 0.3) is 0 Å². The molecule has 0 amide bonds. The molecule has 1 aliphatic heterocycles. The summed E-state index contributed by atoms with van der Waals surface area (Å²) in [5, 5.41) is 2.48. The molecule has 5 rings (SSSR count). The number of hydrogen-bond acceptors (Lipinski definition) is 2. The van der Waals surface area contributed by atoms with Gasteiger partial charge in [-0.15, -0.1) is 0 Å². The molecule has 1 fully saturated rings. The maximum absolute atomic E-state index is 6.24. The highest BCUT2D eigenvalue weighted by Gasteiger charge is 2.51. The molecule has 154 valence electrons. The van der Waals surface area contributed by atoms with Gasteiger partial charge in [-0.2, -0.15) is 0 Å². The van der Waals surface area contributed by atoms with E-state index in [4.69, 9.17) is 9.31 Å². The van der Waals surface area contributed by atoms with Crippen LogP contribution in [0.1, 0.15) is 27.7 Å². The minimum atomic E-state index is -0.348. The lowest BCUT2D eigenvalue weighted by Crippen LogP contribution is -2.41. The van der Waals surface area contributed by atoms with Crippen LogP contribution in [0.5, 0.6) is 0 Å². The monoisotopic (exact) mass is 406 g/mol. The molecular weight excluding hydrogens is 379 g/mol. The second-order valence-corrected chi connectivity index (χ2v) is 9.36. The first-order chi connectivity index (χ1) is 14.8. The fraction of sp³-hybridized carbons (Fsp3) is 0.214. The van der Waals surface area contributed by atoms with E-state index >= 15 is 0 Å². The fourth-order valence-electron chi connectivity index (χ4n) is 4.08. The van der Waals surface area contributed by atoms with Gasteiger partial charge in [-0.25, -0.2) is 0 Å². The van der Waals surface area contributed by atoms with Gasteiger partial charge >= 0.3 is 7.12 Å². The third-order valence-electron chi connectivity index (χ3n) is 6.69. The molecule has 0 spiro atoms. The summed E-state index contributed by atoms with van der Waals surface area (Å²) in [5.41, 5.74) is 5.21. The summed E-state index contributed by atoms with van der Waals surface area (Å²) in [6.45, 7) is 8.35. The van der Waals surface area contributed by atoms with Crippen LogP contribution in [0, 0.1) is 0 Å². The highest BCUT2D eigenvalue weighted by atomic mass is 16.7. The molecule has 0 N–H and O–H groups in total. The lowest BCUT2D eigenvalue weighted by Gasteiger charge is -2.32. The molecule has 2 nitrogen and oxygen atoms in total. The molecule has 4 aromatic carbocycles. The van der Waals surface area contributed by atoms with E-state index in [1.54, 1.807) is 0 Å². The van der Waals surface area contributed by atoms with E-state index in [1.807, 2.05) is 0 Å². The van der Waals surface area contributed by atoms with Crippen molar-refractivity contribution in [1.82, 2.24) is 0 Å². The van der Waals surface area contributed by atoms with E-state index in [0.29, 0.717) is 0 Å². The molecule has 1 heterocycles. The van der Waals surface area contributed by atoms with Crippen LogP contribution < -0.4 is 5.46 Å². The zero-order valence-corrected chi connectivity index (χ0v) is 18.6. The first-order valence-electron chi connectivity index (χ1n) is 10.9. The number of fused-ring (bicyclic) bond motifs is 1. The fourth-order valence-corrected chi connectivity index (χ4v) is 4.08. The van der Waals surface area contributed by atoms with Crippen LogP contribution in [0.25, 0.3) is 33.0 Å². The zero-order valence-electron chi connectivity index (χ0n) is 18.6. The Labute approximate surface area is 185 Å². The average molecular weight is 406 g/mol. The minimum Gasteiger partial charge on any atom is -0.399 e. The predicted molar refractivity (Wildman–Crippen MR) is 131 cm³/mol. The van der Waals surface area contributed by atoms with Crippen molar-refractivity contribution < 1.29 is 9.31 Å². The van der Waals surface area contributed by atoms with Crippen LogP contribution >= 0.6 is 0 Å². The van der Waals surface area contributed by atoms with E-state index in [0.717, 1.165) is 5.46 Å². The van der Waals surface area contributed by atoms with Gasteiger partial charge in [0.2, 0.25) is 0 Å². The van der Waals surface area contributed by atoms with Crippen molar-refractivity contribution in [3.63, 3.8) is 0 Å². The maximum Gasteiger partial charge on any atom is 0.494 e. The molecule has 1 aliphatic rings. The van der Waals surface area contributed by atoms with Crippen molar-refractivity contribution in [3.05, 3.63) is 91.0 Å². The quantitative estimate of drug-likeness (QED) is 0.363. The van der Waals surface area contributed by atoms with Crippen molar-refractivity contribution in [2.75, 3.05) is 0 Å². The van der Waals surface area contributed by atoms with Crippen molar-refractivity contribution >= 4 is 23.4 Å². The highest BCUT2D eigenvalue weighted by molar-refractivity contribution is 6.62. The second kappa shape index (κ2) is 7.37. The van der Waals surface area contributed by atoms with Crippen LogP contribution in [-0.4, -0.2) is 18.3 Å². The minimum absolute atomic E-state index is 0.340. The van der Waals surface area contributed by atoms with Crippen molar-refractivity contribution in [2.45, 2.75) is 38.9 Å². The Morgan fingerprint density at radius 2 is 1.03 bits per heavy atom. The molecule has 4 aromatic rings. The summed E-state index contributed by atoms with van der Waals surface area (Å²) in [5.74, 6) is 0. The first-order valence-corrected chi connectivity index (χ1v) is 10.9. The van der Waals surface area contributed by atoms with Gasteiger partial charge in [0.05, 0.1) is 11.2 Å². The van der Waals surface area contributed by atoms with Gasteiger partial charge in [0.1, 0.15) is 0 Å². The van der Waals surface area contributed by atoms with E-state index in [1.165, 1.54) is 33.0 Å². The molecule has 0 radical (unpaired) electrons. The highest BCUT2D eigenvalue weighted by Crippen LogP contribution is 2.37. The standard InChI is InChI=1S/C28H27BO2/c1-27(2)28(3,4)31-29(30-27)26-12-8-11-21(19-26)23-15-16-24-17-22(13-14-25(24)18-23)20-9-6-5-7-10-20/h5-19H,1-4H3. The topological polar surface area (TPSA) is 18.5 Å². The Hall–Kier alpha value is -2.88. The van der Waals surface area contributed by atoms with E-state index in [9.17, 15) is 0 Å². The van der Waals surface area contributed by atoms with Crippen LogP contribution in [0.3, 0.4) is 0 Å². The number of hydrogen-bond donors (Lipinski definition) is 0. The molecule has 0 aliphatic carbocycles. The Balaban J connectivity index is 1.47. The van der Waals surface area contributed by atoms with Crippen LogP contribution in [0.2, 0.25) is 0 Å². The van der Waals surface area contributed by atoms with E-state index in [2.05, 4.69) is 119 Å². The van der Waals surface area contributed by atoms with Crippen LogP contribution in [0.4, 0.5) is 0 Å². The molecule has 3 heteroatoms. The van der Waals surface area contributed by atoms with Crippen molar-refractivity contribution in [2.24, 2.45) is 0 Å². The van der Waals surface area contributed by atoms with E-state index < -0.39 is 0 Å². The summed E-state index contributed by atoms with van der Waals surface area (Å²) in [4.78, 5) is 0. The second-order valence-electron chi connectivity index (χ2n) is 9.36. The van der Waals surface area contributed by atoms with Crippen LogP contribution in [0.15, 0.2) is 91.0 Å². The molecule has 31 heavy (non-hydrogen) atoms. The van der Waals surface area contributed by atoms with Gasteiger partial charge in [-0.1, -0.05) is 78.9 Å². The lowest BCUT2D eigenvalue weighted by atomic mass is 9.78. The van der Waals surface area contributed by atoms with Gasteiger partial charge in [-0.3, -0.25) is 0 Å². The smallest absolute Gasteiger partial charge is 0.399 e. The molecule has 0 atom stereocenters. The molecule has 0 saturated carbocycles. The Morgan fingerprint density at radius 3 is 1.65 bits per heavy atom. The number of benzene rings is 4. The summed E-state index contributed by atoms with van der Waals surface area (Å²) >= 11 is 0. The van der Waals surface area contributed by atoms with Crippen LogP contribution in [-0.2, 0) is 9.31 Å². The normalized spacial score (nSPS) is 17.2. The number of rotatable bonds is 3. The summed E-state index contributed by atoms with van der Waals surface area (Å²) < 4.78 is 12.5.